The molecule has 0 aromatic heterocycles. The molecule has 1 aliphatic heterocycles. The summed E-state index contributed by atoms with van der Waals surface area (Å²) < 4.78 is 1.01. The Labute approximate surface area is 134 Å². The van der Waals surface area contributed by atoms with E-state index < -0.39 is 23.8 Å². The number of imide groups is 1. The summed E-state index contributed by atoms with van der Waals surface area (Å²) in [5.74, 6) is -2.10. The zero-order valence-corrected chi connectivity index (χ0v) is 13.5. The van der Waals surface area contributed by atoms with Crippen molar-refractivity contribution in [2.24, 2.45) is 0 Å². The van der Waals surface area contributed by atoms with Crippen LogP contribution in [0.25, 0.3) is 0 Å². The first-order valence-electron chi connectivity index (χ1n) is 6.68. The van der Waals surface area contributed by atoms with Crippen molar-refractivity contribution in [3.8, 4) is 0 Å². The van der Waals surface area contributed by atoms with Crippen LogP contribution in [-0.4, -0.2) is 61.8 Å². The Morgan fingerprint density at radius 3 is 2.55 bits per heavy atom. The Bertz CT molecular complexity index is 585. The van der Waals surface area contributed by atoms with Crippen LogP contribution in [0, 0.1) is 0 Å². The number of carboxylic acids is 1. The van der Waals surface area contributed by atoms with Gasteiger partial charge in [0.05, 0.1) is 0 Å². The number of aliphatic carboxylic acids is 1. The molecular weight excluding hydrogens is 269 g/mol. The second kappa shape index (κ2) is 6.08. The zero-order valence-electron chi connectivity index (χ0n) is 11.5. The standard InChI is InChI=1S/C14H14NO4.Na/c1-2-3-8-11(14(18)19)15-12(16)9-6-4-5-7-10(9)13(15)17;/h4,6-7,11H,2-3,8H2,1H3,(H,18,19);. The van der Waals surface area contributed by atoms with Gasteiger partial charge in [0.1, 0.15) is 0 Å². The Morgan fingerprint density at radius 1 is 1.30 bits per heavy atom. The van der Waals surface area contributed by atoms with Crippen molar-refractivity contribution in [3.05, 3.63) is 29.3 Å². The molecule has 0 aliphatic carbocycles. The van der Waals surface area contributed by atoms with Crippen LogP contribution < -0.4 is 2.81 Å². The van der Waals surface area contributed by atoms with Gasteiger partial charge < -0.3 is 0 Å². The van der Waals surface area contributed by atoms with Gasteiger partial charge in [0, 0.05) is 0 Å². The van der Waals surface area contributed by atoms with E-state index in [-0.39, 0.29) is 0 Å². The molecule has 0 bridgehead atoms. The van der Waals surface area contributed by atoms with E-state index in [9.17, 15) is 19.5 Å². The zero-order chi connectivity index (χ0) is 14.9. The predicted molar refractivity (Wildman–Crippen MR) is 73.3 cm³/mol. The summed E-state index contributed by atoms with van der Waals surface area (Å²) in [5, 5.41) is 9.29. The summed E-state index contributed by atoms with van der Waals surface area (Å²) in [6, 6.07) is 4.05. The van der Waals surface area contributed by atoms with Crippen molar-refractivity contribution < 1.29 is 19.5 Å². The molecule has 2 rings (SSSR count). The van der Waals surface area contributed by atoms with Crippen molar-refractivity contribution in [3.63, 3.8) is 0 Å². The number of carboxylic acid groups (broad SMARTS) is 1. The van der Waals surface area contributed by atoms with Gasteiger partial charge in [-0.25, -0.2) is 0 Å². The molecule has 20 heavy (non-hydrogen) atoms. The Hall–Kier alpha value is -1.17. The third-order valence-electron chi connectivity index (χ3n) is 3.50. The molecule has 6 heteroatoms. The molecule has 1 heterocycles. The van der Waals surface area contributed by atoms with Crippen LogP contribution in [-0.2, 0) is 4.79 Å². The Balaban J connectivity index is 2.37. The Kier molecular flexibility index (Phi) is 4.62. The van der Waals surface area contributed by atoms with Crippen LogP contribution in [0.4, 0.5) is 0 Å². The quantitative estimate of drug-likeness (QED) is 0.638. The fraction of sp³-hybridized carbons (Fsp3) is 0.357. The van der Waals surface area contributed by atoms with Gasteiger partial charge in [-0.1, -0.05) is 0 Å². The summed E-state index contributed by atoms with van der Waals surface area (Å²) in [4.78, 5) is 36.9. The number of benzene rings is 1. The molecule has 1 aromatic rings. The first kappa shape index (κ1) is 15.2. The van der Waals surface area contributed by atoms with Crippen LogP contribution in [0.15, 0.2) is 18.2 Å². The van der Waals surface area contributed by atoms with E-state index >= 15 is 0 Å². The molecule has 1 aromatic carbocycles. The van der Waals surface area contributed by atoms with Crippen molar-refractivity contribution in [2.75, 3.05) is 0 Å². The van der Waals surface area contributed by atoms with Crippen LogP contribution in [0.1, 0.15) is 46.9 Å². The average molecular weight is 283 g/mol. The third-order valence-corrected chi connectivity index (χ3v) is 4.12. The summed E-state index contributed by atoms with van der Waals surface area (Å²) in [7, 11) is 0. The minimum absolute atomic E-state index is 0.297. The Morgan fingerprint density at radius 2 is 1.95 bits per heavy atom. The van der Waals surface area contributed by atoms with Crippen LogP contribution in [0.2, 0.25) is 0 Å². The van der Waals surface area contributed by atoms with E-state index in [1.807, 2.05) is 13.0 Å². The van der Waals surface area contributed by atoms with E-state index in [1.165, 1.54) is 0 Å². The van der Waals surface area contributed by atoms with E-state index in [2.05, 4.69) is 0 Å². The van der Waals surface area contributed by atoms with E-state index in [4.69, 9.17) is 0 Å². The molecule has 0 saturated carbocycles. The molecule has 0 spiro atoms. The molecular formula is C14H14NNaO4. The van der Waals surface area contributed by atoms with Crippen molar-refractivity contribution in [1.29, 1.82) is 0 Å². The predicted octanol–water partition coefficient (Wildman–Crippen LogP) is 0.720. The van der Waals surface area contributed by atoms with Gasteiger partial charge in [-0.05, 0) is 0 Å². The molecule has 1 aliphatic rings. The first-order chi connectivity index (χ1) is 9.47. The summed E-state index contributed by atoms with van der Waals surface area (Å²) >= 11 is 0.777. The monoisotopic (exact) mass is 283 g/mol. The SMILES string of the molecule is CCCCC(C(=O)O)N1C(=O)c2cc[c]([Na])cc2C1=O. The first-order valence-corrected chi connectivity index (χ1v) is 7.68. The fourth-order valence-corrected chi connectivity index (χ4v) is 2.87. The number of amides is 2. The van der Waals surface area contributed by atoms with Crippen molar-refractivity contribution in [2.45, 2.75) is 32.2 Å². The van der Waals surface area contributed by atoms with Crippen LogP contribution >= 0.6 is 0 Å². The molecule has 0 fully saturated rings. The maximum atomic E-state index is 12.3. The summed E-state index contributed by atoms with van der Waals surface area (Å²) in [6.45, 7) is 1.94. The van der Waals surface area contributed by atoms with Gasteiger partial charge in [0.25, 0.3) is 0 Å². The maximum absolute atomic E-state index is 12.3. The number of fused-ring (bicyclic) bond motifs is 1. The van der Waals surface area contributed by atoms with Crippen LogP contribution in [0.3, 0.4) is 0 Å². The van der Waals surface area contributed by atoms with Gasteiger partial charge in [0.15, 0.2) is 0 Å². The van der Waals surface area contributed by atoms with Gasteiger partial charge in [-0.15, -0.1) is 0 Å². The van der Waals surface area contributed by atoms with Crippen LogP contribution in [0.5, 0.6) is 0 Å². The average Bonchev–Trinajstić information content (AvgIpc) is 2.63. The molecule has 1 atom stereocenters. The fourth-order valence-electron chi connectivity index (χ4n) is 2.42. The van der Waals surface area contributed by atoms with E-state index in [1.54, 1.807) is 12.1 Å². The number of carbonyl (C=O) groups is 3. The molecule has 1 N–H and O–H groups in total. The number of hydrogen-bond acceptors (Lipinski definition) is 3. The number of carbonyl (C=O) groups excluding carboxylic acids is 2. The van der Waals surface area contributed by atoms with Gasteiger partial charge in [-0.3, -0.25) is 0 Å². The molecule has 5 nitrogen and oxygen atoms in total. The molecule has 0 radical (unpaired) electrons. The number of hydrogen-bond donors (Lipinski definition) is 1. The van der Waals surface area contributed by atoms with Gasteiger partial charge in [-0.2, -0.15) is 0 Å². The molecule has 0 saturated heterocycles. The molecule has 2 amide bonds. The number of unbranched alkanes of at least 4 members (excludes halogenated alkanes) is 1. The van der Waals surface area contributed by atoms with Crippen molar-refractivity contribution in [1.82, 2.24) is 4.90 Å². The second-order valence-corrected chi connectivity index (χ2v) is 6.18. The van der Waals surface area contributed by atoms with Crippen molar-refractivity contribution >= 4 is 48.5 Å². The second-order valence-electron chi connectivity index (χ2n) is 5.03. The minimum atomic E-state index is -1.13. The number of rotatable bonds is 5. The number of nitrogens with zero attached hydrogens (tertiary/aromatic N) is 1. The summed E-state index contributed by atoms with van der Waals surface area (Å²) in [5.41, 5.74) is 0.655. The van der Waals surface area contributed by atoms with Gasteiger partial charge >= 0.3 is 134 Å². The van der Waals surface area contributed by atoms with E-state index in [0.29, 0.717) is 24.0 Å². The van der Waals surface area contributed by atoms with Gasteiger partial charge in [0.2, 0.25) is 0 Å². The molecule has 100 valence electrons. The molecule has 1 unspecified atom stereocenters. The van der Waals surface area contributed by atoms with E-state index in [0.717, 1.165) is 42.1 Å². The summed E-state index contributed by atoms with van der Waals surface area (Å²) in [6.07, 6.45) is 1.78. The third kappa shape index (κ3) is 2.66. The normalized spacial score (nSPS) is 15.4. The topological polar surface area (TPSA) is 74.7 Å².